The van der Waals surface area contributed by atoms with Crippen molar-refractivity contribution in [2.75, 3.05) is 11.4 Å². The number of hydrogen-bond donors (Lipinski definition) is 1. The van der Waals surface area contributed by atoms with E-state index in [0.29, 0.717) is 0 Å². The fourth-order valence-electron chi connectivity index (χ4n) is 2.26. The summed E-state index contributed by atoms with van der Waals surface area (Å²) in [4.78, 5) is 14.2. The van der Waals surface area contributed by atoms with E-state index in [9.17, 15) is 4.79 Å². The van der Waals surface area contributed by atoms with Crippen molar-refractivity contribution >= 4 is 11.6 Å². The quantitative estimate of drug-likeness (QED) is 0.851. The number of fused-ring (bicyclic) bond motifs is 1. The standard InChI is InChI=1S/C14H20N2O/c1-3-10(2)14(17)16-9-8-12(15)11-6-4-5-7-13(11)16/h4-7,10,12H,3,8-9,15H2,1-2H3. The van der Waals surface area contributed by atoms with Gasteiger partial charge in [0.2, 0.25) is 5.91 Å². The van der Waals surface area contributed by atoms with Crippen LogP contribution in [0.1, 0.15) is 38.3 Å². The molecule has 0 saturated carbocycles. The maximum absolute atomic E-state index is 12.3. The highest BCUT2D eigenvalue weighted by Gasteiger charge is 2.28. The second-order valence-electron chi connectivity index (χ2n) is 4.75. The third-order valence-electron chi connectivity index (χ3n) is 3.59. The molecule has 3 heteroatoms. The van der Waals surface area contributed by atoms with E-state index in [-0.39, 0.29) is 17.9 Å². The number of amides is 1. The van der Waals surface area contributed by atoms with Crippen LogP contribution in [0, 0.1) is 5.92 Å². The minimum Gasteiger partial charge on any atom is -0.324 e. The molecule has 0 aromatic heterocycles. The molecule has 0 spiro atoms. The Kier molecular flexibility index (Phi) is 3.48. The molecule has 17 heavy (non-hydrogen) atoms. The van der Waals surface area contributed by atoms with Gasteiger partial charge >= 0.3 is 0 Å². The second-order valence-corrected chi connectivity index (χ2v) is 4.75. The Morgan fingerprint density at radius 2 is 2.24 bits per heavy atom. The predicted octanol–water partition coefficient (Wildman–Crippen LogP) is 2.47. The number of nitrogens with two attached hydrogens (primary N) is 1. The summed E-state index contributed by atoms with van der Waals surface area (Å²) >= 11 is 0. The number of benzene rings is 1. The Morgan fingerprint density at radius 3 is 2.94 bits per heavy atom. The van der Waals surface area contributed by atoms with Crippen molar-refractivity contribution in [2.45, 2.75) is 32.7 Å². The molecule has 0 fully saturated rings. The monoisotopic (exact) mass is 232 g/mol. The first kappa shape index (κ1) is 12.1. The van der Waals surface area contributed by atoms with E-state index in [1.165, 1.54) is 0 Å². The number of rotatable bonds is 2. The first-order valence-electron chi connectivity index (χ1n) is 6.31. The average molecular weight is 232 g/mol. The van der Waals surface area contributed by atoms with E-state index in [0.717, 1.165) is 30.6 Å². The third-order valence-corrected chi connectivity index (χ3v) is 3.59. The van der Waals surface area contributed by atoms with Crippen LogP contribution < -0.4 is 10.6 Å². The van der Waals surface area contributed by atoms with Crippen LogP contribution in [-0.2, 0) is 4.79 Å². The maximum atomic E-state index is 12.3. The Balaban J connectivity index is 2.33. The zero-order valence-corrected chi connectivity index (χ0v) is 10.5. The van der Waals surface area contributed by atoms with E-state index < -0.39 is 0 Å². The van der Waals surface area contributed by atoms with Crippen LogP contribution in [0.25, 0.3) is 0 Å². The van der Waals surface area contributed by atoms with Crippen molar-refractivity contribution in [3.63, 3.8) is 0 Å². The van der Waals surface area contributed by atoms with Crippen LogP contribution in [-0.4, -0.2) is 12.5 Å². The van der Waals surface area contributed by atoms with Gasteiger partial charge in [-0.05, 0) is 24.5 Å². The van der Waals surface area contributed by atoms with Gasteiger partial charge in [0.1, 0.15) is 0 Å². The van der Waals surface area contributed by atoms with Crippen molar-refractivity contribution in [2.24, 2.45) is 11.7 Å². The minimum absolute atomic E-state index is 0.0622. The summed E-state index contributed by atoms with van der Waals surface area (Å²) in [6.45, 7) is 4.77. The van der Waals surface area contributed by atoms with Crippen LogP contribution in [0.4, 0.5) is 5.69 Å². The van der Waals surface area contributed by atoms with Crippen LogP contribution >= 0.6 is 0 Å². The summed E-state index contributed by atoms with van der Waals surface area (Å²) in [6.07, 6.45) is 1.72. The minimum atomic E-state index is 0.0622. The van der Waals surface area contributed by atoms with Crippen molar-refractivity contribution < 1.29 is 4.79 Å². The van der Waals surface area contributed by atoms with E-state index in [4.69, 9.17) is 5.73 Å². The number of nitrogens with zero attached hydrogens (tertiary/aromatic N) is 1. The van der Waals surface area contributed by atoms with Crippen LogP contribution in [0.15, 0.2) is 24.3 Å². The number of para-hydroxylation sites is 1. The topological polar surface area (TPSA) is 46.3 Å². The maximum Gasteiger partial charge on any atom is 0.229 e. The van der Waals surface area contributed by atoms with Gasteiger partial charge in [0.25, 0.3) is 0 Å². The molecular weight excluding hydrogens is 212 g/mol. The van der Waals surface area contributed by atoms with Crippen molar-refractivity contribution in [1.29, 1.82) is 0 Å². The molecular formula is C14H20N2O. The van der Waals surface area contributed by atoms with Crippen LogP contribution in [0.2, 0.25) is 0 Å². The van der Waals surface area contributed by atoms with Crippen molar-refractivity contribution in [3.05, 3.63) is 29.8 Å². The average Bonchev–Trinajstić information content (AvgIpc) is 2.38. The van der Waals surface area contributed by atoms with Gasteiger partial charge in [0.05, 0.1) is 0 Å². The molecule has 1 amide bonds. The van der Waals surface area contributed by atoms with Crippen LogP contribution in [0.3, 0.4) is 0 Å². The van der Waals surface area contributed by atoms with E-state index in [2.05, 4.69) is 0 Å². The normalized spacial score (nSPS) is 20.9. The molecule has 2 unspecified atom stereocenters. The molecule has 92 valence electrons. The number of hydrogen-bond acceptors (Lipinski definition) is 2. The van der Waals surface area contributed by atoms with E-state index in [1.807, 2.05) is 43.0 Å². The number of carbonyl (C=O) groups is 1. The molecule has 2 N–H and O–H groups in total. The zero-order valence-electron chi connectivity index (χ0n) is 10.5. The largest absolute Gasteiger partial charge is 0.324 e. The molecule has 1 heterocycles. The summed E-state index contributed by atoms with van der Waals surface area (Å²) in [6, 6.07) is 8.03. The Labute approximate surface area is 103 Å². The number of anilines is 1. The molecule has 1 aromatic rings. The van der Waals surface area contributed by atoms with Gasteiger partial charge in [0.15, 0.2) is 0 Å². The van der Waals surface area contributed by atoms with Gasteiger partial charge in [-0.2, -0.15) is 0 Å². The van der Waals surface area contributed by atoms with Crippen molar-refractivity contribution in [3.8, 4) is 0 Å². The lowest BCUT2D eigenvalue weighted by molar-refractivity contribution is -0.122. The molecule has 1 aliphatic heterocycles. The highest BCUT2D eigenvalue weighted by molar-refractivity contribution is 5.96. The highest BCUT2D eigenvalue weighted by Crippen LogP contribution is 2.33. The summed E-state index contributed by atoms with van der Waals surface area (Å²) in [5, 5.41) is 0. The molecule has 0 bridgehead atoms. The molecule has 0 radical (unpaired) electrons. The first-order chi connectivity index (χ1) is 8.15. The Bertz CT molecular complexity index is 416. The smallest absolute Gasteiger partial charge is 0.229 e. The fourth-order valence-corrected chi connectivity index (χ4v) is 2.26. The first-order valence-corrected chi connectivity index (χ1v) is 6.31. The molecule has 2 rings (SSSR count). The van der Waals surface area contributed by atoms with Gasteiger partial charge in [-0.15, -0.1) is 0 Å². The van der Waals surface area contributed by atoms with Crippen molar-refractivity contribution in [1.82, 2.24) is 0 Å². The van der Waals surface area contributed by atoms with E-state index in [1.54, 1.807) is 0 Å². The van der Waals surface area contributed by atoms with Crippen LogP contribution in [0.5, 0.6) is 0 Å². The zero-order chi connectivity index (χ0) is 12.4. The SMILES string of the molecule is CCC(C)C(=O)N1CCC(N)c2ccccc21. The predicted molar refractivity (Wildman–Crippen MR) is 69.8 cm³/mol. The summed E-state index contributed by atoms with van der Waals surface area (Å²) in [7, 11) is 0. The Hall–Kier alpha value is -1.35. The molecule has 1 aliphatic rings. The van der Waals surface area contributed by atoms with Gasteiger partial charge in [-0.25, -0.2) is 0 Å². The fraction of sp³-hybridized carbons (Fsp3) is 0.500. The number of carbonyl (C=O) groups excluding carboxylic acids is 1. The van der Waals surface area contributed by atoms with Gasteiger partial charge < -0.3 is 10.6 Å². The summed E-state index contributed by atoms with van der Waals surface area (Å²) in [5.41, 5.74) is 8.17. The molecule has 1 aromatic carbocycles. The third kappa shape index (κ3) is 2.20. The van der Waals surface area contributed by atoms with Gasteiger partial charge in [-0.1, -0.05) is 32.0 Å². The lowest BCUT2D eigenvalue weighted by Gasteiger charge is -2.34. The van der Waals surface area contributed by atoms with E-state index >= 15 is 0 Å². The lowest BCUT2D eigenvalue weighted by Crippen LogP contribution is -2.40. The molecule has 3 nitrogen and oxygen atoms in total. The lowest BCUT2D eigenvalue weighted by atomic mass is 9.95. The summed E-state index contributed by atoms with van der Waals surface area (Å²) in [5.74, 6) is 0.296. The highest BCUT2D eigenvalue weighted by atomic mass is 16.2. The van der Waals surface area contributed by atoms with Gasteiger partial charge in [0, 0.05) is 24.2 Å². The Morgan fingerprint density at radius 1 is 1.53 bits per heavy atom. The van der Waals surface area contributed by atoms with Gasteiger partial charge in [-0.3, -0.25) is 4.79 Å². The second kappa shape index (κ2) is 4.88. The molecule has 2 atom stereocenters. The summed E-state index contributed by atoms with van der Waals surface area (Å²) < 4.78 is 0. The molecule has 0 saturated heterocycles. The molecule has 0 aliphatic carbocycles.